The lowest BCUT2D eigenvalue weighted by molar-refractivity contribution is -0.118. The van der Waals surface area contributed by atoms with Crippen molar-refractivity contribution < 1.29 is 4.79 Å². The van der Waals surface area contributed by atoms with Crippen molar-refractivity contribution in [3.05, 3.63) is 11.1 Å². The molecule has 3 N–H and O–H groups in total. The highest BCUT2D eigenvalue weighted by Gasteiger charge is 2.07. The summed E-state index contributed by atoms with van der Waals surface area (Å²) in [6, 6.07) is 0.0448. The predicted molar refractivity (Wildman–Crippen MR) is 58.4 cm³/mol. The number of rotatable bonds is 5. The van der Waals surface area contributed by atoms with Crippen molar-refractivity contribution in [2.24, 2.45) is 5.73 Å². The number of primary amides is 1. The molecule has 0 radical (unpaired) electrons. The standard InChI is InChI=1S/C9H15N3OS/c1-3-7-5-14-9(12-7)11-6(2)4-8(10)13/h5-6H,3-4H2,1-2H3,(H2,10,13)(H,11,12). The topological polar surface area (TPSA) is 68.0 Å². The van der Waals surface area contributed by atoms with Crippen LogP contribution in [0, 0.1) is 0 Å². The van der Waals surface area contributed by atoms with E-state index in [1.54, 1.807) is 11.3 Å². The van der Waals surface area contributed by atoms with Gasteiger partial charge in [-0.05, 0) is 13.3 Å². The van der Waals surface area contributed by atoms with E-state index in [9.17, 15) is 4.79 Å². The summed E-state index contributed by atoms with van der Waals surface area (Å²) in [7, 11) is 0. The van der Waals surface area contributed by atoms with Crippen molar-refractivity contribution in [2.75, 3.05) is 5.32 Å². The average Bonchev–Trinajstić information content (AvgIpc) is 2.50. The molecule has 0 saturated carbocycles. The number of hydrogen-bond acceptors (Lipinski definition) is 4. The van der Waals surface area contributed by atoms with E-state index in [1.165, 1.54) is 0 Å². The third-order valence-corrected chi connectivity index (χ3v) is 2.61. The van der Waals surface area contributed by atoms with Gasteiger partial charge >= 0.3 is 0 Å². The smallest absolute Gasteiger partial charge is 0.219 e. The minimum Gasteiger partial charge on any atom is -0.370 e. The molecule has 0 bridgehead atoms. The largest absolute Gasteiger partial charge is 0.370 e. The number of thiazole rings is 1. The third kappa shape index (κ3) is 3.33. The number of anilines is 1. The Kier molecular flexibility index (Phi) is 3.88. The number of carbonyl (C=O) groups excluding carboxylic acids is 1. The molecule has 14 heavy (non-hydrogen) atoms. The van der Waals surface area contributed by atoms with E-state index in [1.807, 2.05) is 12.3 Å². The molecule has 1 amide bonds. The van der Waals surface area contributed by atoms with Gasteiger partial charge in [0, 0.05) is 17.8 Å². The van der Waals surface area contributed by atoms with E-state index in [0.29, 0.717) is 6.42 Å². The number of nitrogens with one attached hydrogen (secondary N) is 1. The molecule has 1 atom stereocenters. The van der Waals surface area contributed by atoms with Crippen LogP contribution in [-0.4, -0.2) is 16.9 Å². The zero-order valence-electron chi connectivity index (χ0n) is 8.41. The van der Waals surface area contributed by atoms with Crippen molar-refractivity contribution in [2.45, 2.75) is 32.7 Å². The number of aryl methyl sites for hydroxylation is 1. The van der Waals surface area contributed by atoms with Crippen LogP contribution in [-0.2, 0) is 11.2 Å². The van der Waals surface area contributed by atoms with Gasteiger partial charge in [-0.3, -0.25) is 4.79 Å². The third-order valence-electron chi connectivity index (χ3n) is 1.79. The van der Waals surface area contributed by atoms with E-state index >= 15 is 0 Å². The van der Waals surface area contributed by atoms with Gasteiger partial charge in [0.2, 0.25) is 5.91 Å². The van der Waals surface area contributed by atoms with Gasteiger partial charge in [-0.1, -0.05) is 6.92 Å². The Morgan fingerprint density at radius 1 is 1.79 bits per heavy atom. The molecule has 78 valence electrons. The molecule has 1 aromatic heterocycles. The number of carbonyl (C=O) groups is 1. The van der Waals surface area contributed by atoms with Gasteiger partial charge in [-0.25, -0.2) is 4.98 Å². The highest BCUT2D eigenvalue weighted by molar-refractivity contribution is 7.13. The van der Waals surface area contributed by atoms with Crippen molar-refractivity contribution in [1.29, 1.82) is 0 Å². The van der Waals surface area contributed by atoms with Crippen LogP contribution in [0.25, 0.3) is 0 Å². The number of amides is 1. The van der Waals surface area contributed by atoms with Gasteiger partial charge in [-0.15, -0.1) is 11.3 Å². The zero-order valence-corrected chi connectivity index (χ0v) is 9.23. The second kappa shape index (κ2) is 4.95. The number of nitrogens with two attached hydrogens (primary N) is 1. The maximum absolute atomic E-state index is 10.6. The van der Waals surface area contributed by atoms with E-state index < -0.39 is 0 Å². The first kappa shape index (κ1) is 11.0. The maximum Gasteiger partial charge on any atom is 0.219 e. The predicted octanol–water partition coefficient (Wildman–Crippen LogP) is 1.38. The van der Waals surface area contributed by atoms with E-state index in [0.717, 1.165) is 17.2 Å². The molecule has 4 nitrogen and oxygen atoms in total. The number of nitrogens with zero attached hydrogens (tertiary/aromatic N) is 1. The first-order valence-electron chi connectivity index (χ1n) is 4.61. The molecule has 5 heteroatoms. The van der Waals surface area contributed by atoms with Gasteiger partial charge in [0.05, 0.1) is 5.69 Å². The highest BCUT2D eigenvalue weighted by Crippen LogP contribution is 2.16. The zero-order chi connectivity index (χ0) is 10.6. The van der Waals surface area contributed by atoms with Crippen molar-refractivity contribution in [3.63, 3.8) is 0 Å². The Hall–Kier alpha value is -1.10. The summed E-state index contributed by atoms with van der Waals surface area (Å²) in [5.74, 6) is -0.294. The molecule has 0 spiro atoms. The second-order valence-corrected chi connectivity index (χ2v) is 4.07. The van der Waals surface area contributed by atoms with Gasteiger partial charge in [0.1, 0.15) is 0 Å². The Morgan fingerprint density at radius 3 is 3.00 bits per heavy atom. The minimum absolute atomic E-state index is 0.0448. The normalized spacial score (nSPS) is 12.4. The summed E-state index contributed by atoms with van der Waals surface area (Å²) in [6.45, 7) is 3.98. The van der Waals surface area contributed by atoms with Gasteiger partial charge in [0.25, 0.3) is 0 Å². The SMILES string of the molecule is CCc1csc(NC(C)CC(N)=O)n1. The van der Waals surface area contributed by atoms with Crippen LogP contribution >= 0.6 is 11.3 Å². The quantitative estimate of drug-likeness (QED) is 0.776. The molecule has 1 aromatic rings. The van der Waals surface area contributed by atoms with Crippen LogP contribution in [0.2, 0.25) is 0 Å². The lowest BCUT2D eigenvalue weighted by atomic mass is 10.2. The fourth-order valence-corrected chi connectivity index (χ4v) is 2.01. The first-order chi connectivity index (χ1) is 6.61. The van der Waals surface area contributed by atoms with Crippen molar-refractivity contribution >= 4 is 22.4 Å². The molecular weight excluding hydrogens is 198 g/mol. The first-order valence-corrected chi connectivity index (χ1v) is 5.49. The summed E-state index contributed by atoms with van der Waals surface area (Å²) in [6.07, 6.45) is 1.27. The number of hydrogen-bond donors (Lipinski definition) is 2. The monoisotopic (exact) mass is 213 g/mol. The van der Waals surface area contributed by atoms with E-state index in [2.05, 4.69) is 17.2 Å². The molecule has 0 aliphatic heterocycles. The summed E-state index contributed by atoms with van der Waals surface area (Å²) < 4.78 is 0. The van der Waals surface area contributed by atoms with Crippen LogP contribution in [0.4, 0.5) is 5.13 Å². The second-order valence-electron chi connectivity index (χ2n) is 3.21. The molecular formula is C9H15N3OS. The van der Waals surface area contributed by atoms with Crippen LogP contribution in [0.5, 0.6) is 0 Å². The summed E-state index contributed by atoms with van der Waals surface area (Å²) in [4.78, 5) is 15.0. The molecule has 0 aliphatic rings. The van der Waals surface area contributed by atoms with E-state index in [-0.39, 0.29) is 11.9 Å². The van der Waals surface area contributed by atoms with Gasteiger partial charge in [-0.2, -0.15) is 0 Å². The molecule has 1 unspecified atom stereocenters. The minimum atomic E-state index is -0.294. The Morgan fingerprint density at radius 2 is 2.50 bits per heavy atom. The average molecular weight is 213 g/mol. The van der Waals surface area contributed by atoms with Crippen LogP contribution in [0.3, 0.4) is 0 Å². The highest BCUT2D eigenvalue weighted by atomic mass is 32.1. The lowest BCUT2D eigenvalue weighted by Crippen LogP contribution is -2.23. The summed E-state index contributed by atoms with van der Waals surface area (Å²) in [5, 5.41) is 6.00. The van der Waals surface area contributed by atoms with Gasteiger partial charge < -0.3 is 11.1 Å². The van der Waals surface area contributed by atoms with Crippen LogP contribution in [0.1, 0.15) is 26.0 Å². The fraction of sp³-hybridized carbons (Fsp3) is 0.556. The van der Waals surface area contributed by atoms with Crippen LogP contribution in [0.15, 0.2) is 5.38 Å². The van der Waals surface area contributed by atoms with Crippen molar-refractivity contribution in [1.82, 2.24) is 4.98 Å². The Bertz CT molecular complexity index is 311. The Balaban J connectivity index is 2.47. The van der Waals surface area contributed by atoms with E-state index in [4.69, 9.17) is 5.73 Å². The van der Waals surface area contributed by atoms with Crippen molar-refractivity contribution in [3.8, 4) is 0 Å². The van der Waals surface area contributed by atoms with Gasteiger partial charge in [0.15, 0.2) is 5.13 Å². The fourth-order valence-electron chi connectivity index (χ4n) is 1.10. The molecule has 0 aromatic carbocycles. The van der Waals surface area contributed by atoms with Crippen LogP contribution < -0.4 is 11.1 Å². The number of aromatic nitrogens is 1. The Labute approximate surface area is 87.5 Å². The molecule has 0 fully saturated rings. The molecule has 1 heterocycles. The maximum atomic E-state index is 10.6. The lowest BCUT2D eigenvalue weighted by Gasteiger charge is -2.09. The molecule has 0 saturated heterocycles. The molecule has 0 aliphatic carbocycles. The summed E-state index contributed by atoms with van der Waals surface area (Å²) >= 11 is 1.56. The molecule has 1 rings (SSSR count). The summed E-state index contributed by atoms with van der Waals surface area (Å²) in [5.41, 5.74) is 6.16.